The van der Waals surface area contributed by atoms with Crippen molar-refractivity contribution in [1.82, 2.24) is 4.57 Å². The first-order chi connectivity index (χ1) is 12.7. The van der Waals surface area contributed by atoms with Crippen molar-refractivity contribution >= 4 is 29.1 Å². The van der Waals surface area contributed by atoms with Gasteiger partial charge in [-0.05, 0) is 36.4 Å². The molecular formula is C18H15N3O4S. The first-order valence-corrected chi connectivity index (χ1v) is 8.70. The second kappa shape index (κ2) is 6.64. The van der Waals surface area contributed by atoms with Crippen molar-refractivity contribution in [2.24, 2.45) is 4.99 Å². The fraction of sp³-hybridized carbons (Fsp3) is 0.167. The summed E-state index contributed by atoms with van der Waals surface area (Å²) in [7, 11) is 1.35. The number of benzene rings is 1. The third kappa shape index (κ3) is 2.95. The molecule has 0 N–H and O–H groups in total. The molecule has 3 aromatic rings. The molecule has 1 aliphatic rings. The molecule has 4 rings (SSSR count). The van der Waals surface area contributed by atoms with Crippen LogP contribution in [0.15, 0.2) is 56.9 Å². The summed E-state index contributed by atoms with van der Waals surface area (Å²) >= 11 is 1.35. The summed E-state index contributed by atoms with van der Waals surface area (Å²) in [5, 5.41) is 0. The molecule has 0 aliphatic carbocycles. The van der Waals surface area contributed by atoms with Crippen LogP contribution in [-0.4, -0.2) is 24.3 Å². The Balaban J connectivity index is 1.63. The zero-order valence-electron chi connectivity index (χ0n) is 13.9. The highest BCUT2D eigenvalue weighted by Gasteiger charge is 2.16. The molecule has 1 aromatic carbocycles. The molecule has 1 aliphatic heterocycles. The molecule has 0 amide bonds. The number of hydrogen-bond acceptors (Lipinski definition) is 7. The van der Waals surface area contributed by atoms with Crippen molar-refractivity contribution in [2.45, 2.75) is 6.67 Å². The minimum Gasteiger partial charge on any atom is -0.465 e. The maximum absolute atomic E-state index is 12.7. The van der Waals surface area contributed by atoms with Gasteiger partial charge in [0.2, 0.25) is 0 Å². The Labute approximate surface area is 152 Å². The van der Waals surface area contributed by atoms with Crippen molar-refractivity contribution in [2.75, 3.05) is 18.7 Å². The fourth-order valence-electron chi connectivity index (χ4n) is 2.70. The van der Waals surface area contributed by atoms with Crippen LogP contribution >= 0.6 is 11.3 Å². The minimum atomic E-state index is -0.380. The number of ether oxygens (including phenoxy) is 1. The summed E-state index contributed by atoms with van der Waals surface area (Å²) in [6.45, 7) is 0.843. The first-order valence-electron chi connectivity index (χ1n) is 7.88. The average molecular weight is 369 g/mol. The molecule has 0 bridgehead atoms. The van der Waals surface area contributed by atoms with Crippen molar-refractivity contribution in [1.29, 1.82) is 0 Å². The van der Waals surface area contributed by atoms with E-state index in [9.17, 15) is 9.59 Å². The lowest BCUT2D eigenvalue weighted by Crippen LogP contribution is -2.42. The zero-order chi connectivity index (χ0) is 18.1. The van der Waals surface area contributed by atoms with Crippen molar-refractivity contribution in [3.05, 3.63) is 73.7 Å². The van der Waals surface area contributed by atoms with Gasteiger partial charge in [-0.2, -0.15) is 0 Å². The van der Waals surface area contributed by atoms with E-state index < -0.39 is 0 Å². The summed E-state index contributed by atoms with van der Waals surface area (Å²) in [5.74, 6) is 0.255. The highest BCUT2D eigenvalue weighted by Crippen LogP contribution is 2.17. The second-order valence-corrected chi connectivity index (χ2v) is 6.67. The summed E-state index contributed by atoms with van der Waals surface area (Å²) in [5.41, 5.74) is 1.26. The Hall–Kier alpha value is -3.13. The van der Waals surface area contributed by atoms with E-state index in [4.69, 9.17) is 9.15 Å². The van der Waals surface area contributed by atoms with E-state index in [1.165, 1.54) is 18.4 Å². The van der Waals surface area contributed by atoms with E-state index in [0.717, 1.165) is 5.69 Å². The smallest absolute Gasteiger partial charge is 0.337 e. The normalized spacial score (nSPS) is 14.0. The van der Waals surface area contributed by atoms with Crippen LogP contribution in [0, 0.1) is 0 Å². The van der Waals surface area contributed by atoms with Gasteiger partial charge >= 0.3 is 5.97 Å². The van der Waals surface area contributed by atoms with Crippen LogP contribution in [-0.2, 0) is 11.4 Å². The molecule has 132 valence electrons. The average Bonchev–Trinajstić information content (AvgIpc) is 3.30. The van der Waals surface area contributed by atoms with Gasteiger partial charge in [0.15, 0.2) is 4.80 Å². The lowest BCUT2D eigenvalue weighted by atomic mass is 10.2. The van der Waals surface area contributed by atoms with E-state index in [1.807, 2.05) is 17.0 Å². The standard InChI is InChI=1S/C18H15N3O4S/c1-24-17(23)12-4-6-13(7-5-12)20-10-19-18-21(11-20)16(22)15(26-18)9-14-3-2-8-25-14/h2-9H,10-11H2,1H3/b15-9-. The van der Waals surface area contributed by atoms with Gasteiger partial charge in [-0.25, -0.2) is 9.79 Å². The number of rotatable bonds is 3. The maximum Gasteiger partial charge on any atom is 0.337 e. The largest absolute Gasteiger partial charge is 0.465 e. The number of anilines is 1. The molecule has 26 heavy (non-hydrogen) atoms. The van der Waals surface area contributed by atoms with Crippen LogP contribution in [0.5, 0.6) is 0 Å². The lowest BCUT2D eigenvalue weighted by molar-refractivity contribution is 0.0601. The van der Waals surface area contributed by atoms with Crippen LogP contribution in [0.1, 0.15) is 16.1 Å². The molecule has 0 fully saturated rings. The van der Waals surface area contributed by atoms with Crippen molar-refractivity contribution < 1.29 is 13.9 Å². The van der Waals surface area contributed by atoms with Gasteiger partial charge in [-0.1, -0.05) is 11.3 Å². The molecule has 0 spiro atoms. The van der Waals surface area contributed by atoms with Gasteiger partial charge in [0.05, 0.1) is 23.5 Å². The second-order valence-electron chi connectivity index (χ2n) is 5.66. The third-order valence-corrected chi connectivity index (χ3v) is 5.09. The number of fused-ring (bicyclic) bond motifs is 1. The van der Waals surface area contributed by atoms with Crippen LogP contribution in [0.2, 0.25) is 0 Å². The van der Waals surface area contributed by atoms with E-state index in [0.29, 0.717) is 34.0 Å². The summed E-state index contributed by atoms with van der Waals surface area (Å²) in [6.07, 6.45) is 3.30. The fourth-order valence-corrected chi connectivity index (χ4v) is 3.65. The number of thiazole rings is 1. The number of nitrogens with zero attached hydrogens (tertiary/aromatic N) is 3. The predicted octanol–water partition coefficient (Wildman–Crippen LogP) is 1.17. The Morgan fingerprint density at radius 2 is 2.12 bits per heavy atom. The predicted molar refractivity (Wildman–Crippen MR) is 96.8 cm³/mol. The topological polar surface area (TPSA) is 77.0 Å². The Bertz CT molecular complexity index is 1110. The Morgan fingerprint density at radius 1 is 1.31 bits per heavy atom. The number of carbonyl (C=O) groups excluding carboxylic acids is 1. The summed E-state index contributed by atoms with van der Waals surface area (Å²) in [4.78, 5) is 31.3. The number of aromatic nitrogens is 1. The molecule has 3 heterocycles. The molecule has 2 aromatic heterocycles. The SMILES string of the molecule is COC(=O)c1ccc(N2CN=c3s/c(=C\c4ccco4)c(=O)n3C2)cc1. The molecule has 0 saturated carbocycles. The molecule has 0 unspecified atom stereocenters. The zero-order valence-corrected chi connectivity index (χ0v) is 14.7. The summed E-state index contributed by atoms with van der Waals surface area (Å²) in [6, 6.07) is 10.6. The van der Waals surface area contributed by atoms with Crippen molar-refractivity contribution in [3.8, 4) is 0 Å². The minimum absolute atomic E-state index is 0.0963. The van der Waals surface area contributed by atoms with E-state index in [2.05, 4.69) is 4.99 Å². The number of esters is 1. The number of hydrogen-bond donors (Lipinski definition) is 0. The first kappa shape index (κ1) is 16.3. The number of methoxy groups -OCH3 is 1. The van der Waals surface area contributed by atoms with Gasteiger partial charge < -0.3 is 14.1 Å². The van der Waals surface area contributed by atoms with E-state index >= 15 is 0 Å². The van der Waals surface area contributed by atoms with Crippen LogP contribution in [0.25, 0.3) is 6.08 Å². The van der Waals surface area contributed by atoms with Crippen molar-refractivity contribution in [3.63, 3.8) is 0 Å². The molecule has 0 radical (unpaired) electrons. The molecular weight excluding hydrogens is 354 g/mol. The number of furan rings is 1. The van der Waals surface area contributed by atoms with Gasteiger partial charge in [-0.15, -0.1) is 0 Å². The number of carbonyl (C=O) groups is 1. The van der Waals surface area contributed by atoms with Crippen LogP contribution in [0.4, 0.5) is 5.69 Å². The van der Waals surface area contributed by atoms with Gasteiger partial charge in [0.1, 0.15) is 19.1 Å². The van der Waals surface area contributed by atoms with Gasteiger partial charge in [0.25, 0.3) is 5.56 Å². The van der Waals surface area contributed by atoms with Crippen LogP contribution < -0.4 is 19.8 Å². The molecule has 0 atom stereocenters. The van der Waals surface area contributed by atoms with Gasteiger partial charge in [0, 0.05) is 11.8 Å². The van der Waals surface area contributed by atoms with Gasteiger partial charge in [-0.3, -0.25) is 9.36 Å². The van der Waals surface area contributed by atoms with Crippen LogP contribution in [0.3, 0.4) is 0 Å². The highest BCUT2D eigenvalue weighted by atomic mass is 32.1. The highest BCUT2D eigenvalue weighted by molar-refractivity contribution is 7.07. The molecule has 8 heteroatoms. The van der Waals surface area contributed by atoms with E-state index in [-0.39, 0.29) is 11.5 Å². The molecule has 7 nitrogen and oxygen atoms in total. The quantitative estimate of drug-likeness (QED) is 0.648. The van der Waals surface area contributed by atoms with E-state index in [1.54, 1.807) is 41.2 Å². The maximum atomic E-state index is 12.7. The monoisotopic (exact) mass is 369 g/mol. The molecule has 0 saturated heterocycles. The Morgan fingerprint density at radius 3 is 2.81 bits per heavy atom. The third-order valence-electron chi connectivity index (χ3n) is 4.05. The lowest BCUT2D eigenvalue weighted by Gasteiger charge is -2.25. The summed E-state index contributed by atoms with van der Waals surface area (Å²) < 4.78 is 12.2. The Kier molecular flexibility index (Phi) is 4.18.